The van der Waals surface area contributed by atoms with Crippen LogP contribution in [0.25, 0.3) is 0 Å². The van der Waals surface area contributed by atoms with E-state index >= 15 is 0 Å². The Hall–Kier alpha value is -1.36. The molecule has 0 radical (unpaired) electrons. The third kappa shape index (κ3) is 4.84. The summed E-state index contributed by atoms with van der Waals surface area (Å²) in [5.41, 5.74) is 1.35. The van der Waals surface area contributed by atoms with Crippen molar-refractivity contribution in [3.8, 4) is 0 Å². The molecular weight excluding hydrogens is 286 g/mol. The van der Waals surface area contributed by atoms with Crippen molar-refractivity contribution in [3.63, 3.8) is 0 Å². The van der Waals surface area contributed by atoms with E-state index < -0.39 is 5.97 Å². The van der Waals surface area contributed by atoms with Gasteiger partial charge in [-0.3, -0.25) is 9.59 Å². The Balaban J connectivity index is 1.73. The Kier molecular flexibility index (Phi) is 5.79. The van der Waals surface area contributed by atoms with E-state index in [0.29, 0.717) is 13.0 Å². The van der Waals surface area contributed by atoms with Gasteiger partial charge in [0.05, 0.1) is 4.88 Å². The van der Waals surface area contributed by atoms with Crippen molar-refractivity contribution >= 4 is 23.2 Å². The van der Waals surface area contributed by atoms with Crippen molar-refractivity contribution in [1.29, 1.82) is 0 Å². The molecule has 2 N–H and O–H groups in total. The highest BCUT2D eigenvalue weighted by Crippen LogP contribution is 2.32. The van der Waals surface area contributed by atoms with Gasteiger partial charge in [0.1, 0.15) is 0 Å². The summed E-state index contributed by atoms with van der Waals surface area (Å²) in [5.74, 6) is -0.0186. The molecule has 1 aliphatic carbocycles. The van der Waals surface area contributed by atoms with Gasteiger partial charge in [0.25, 0.3) is 5.91 Å². The number of aliphatic carboxylic acids is 1. The van der Waals surface area contributed by atoms with Gasteiger partial charge >= 0.3 is 5.97 Å². The van der Waals surface area contributed by atoms with Crippen LogP contribution in [0.5, 0.6) is 0 Å². The molecule has 0 saturated carbocycles. The van der Waals surface area contributed by atoms with Gasteiger partial charge in [0.2, 0.25) is 0 Å². The lowest BCUT2D eigenvalue weighted by Gasteiger charge is -2.16. The fourth-order valence-electron chi connectivity index (χ4n) is 2.68. The lowest BCUT2D eigenvalue weighted by molar-refractivity contribution is -0.137. The molecule has 0 unspecified atom stereocenters. The van der Waals surface area contributed by atoms with Crippen LogP contribution in [0.2, 0.25) is 0 Å². The summed E-state index contributed by atoms with van der Waals surface area (Å²) in [5, 5.41) is 11.5. The van der Waals surface area contributed by atoms with Crippen LogP contribution in [-0.4, -0.2) is 23.5 Å². The highest BCUT2D eigenvalue weighted by molar-refractivity contribution is 7.14. The molecule has 0 fully saturated rings. The quantitative estimate of drug-likeness (QED) is 0.760. The van der Waals surface area contributed by atoms with E-state index in [0.717, 1.165) is 36.5 Å². The number of nitrogens with one attached hydrogen (secondary N) is 1. The number of fused-ring (bicyclic) bond motifs is 1. The predicted molar refractivity (Wildman–Crippen MR) is 83.9 cm³/mol. The Morgan fingerprint density at radius 1 is 1.38 bits per heavy atom. The first-order chi connectivity index (χ1) is 10.1. The Morgan fingerprint density at radius 2 is 2.19 bits per heavy atom. The summed E-state index contributed by atoms with van der Waals surface area (Å²) in [6, 6.07) is 2.05. The summed E-state index contributed by atoms with van der Waals surface area (Å²) < 4.78 is 0. The molecule has 0 aliphatic heterocycles. The maximum atomic E-state index is 12.1. The van der Waals surface area contributed by atoms with Gasteiger partial charge in [-0.1, -0.05) is 13.3 Å². The molecule has 1 aromatic heterocycles. The van der Waals surface area contributed by atoms with Crippen LogP contribution in [0.15, 0.2) is 6.07 Å². The van der Waals surface area contributed by atoms with Gasteiger partial charge in [-0.2, -0.15) is 0 Å². The molecule has 0 bridgehead atoms. The summed E-state index contributed by atoms with van der Waals surface area (Å²) in [6.07, 6.45) is 5.97. The van der Waals surface area contributed by atoms with Gasteiger partial charge < -0.3 is 10.4 Å². The molecule has 1 heterocycles. The summed E-state index contributed by atoms with van der Waals surface area (Å²) >= 11 is 1.63. The second kappa shape index (κ2) is 7.59. The number of amides is 1. The molecule has 0 aromatic carbocycles. The molecule has 2 rings (SSSR count). The number of unbranched alkanes of at least 4 members (excludes halogenated alkanes) is 2. The van der Waals surface area contributed by atoms with Gasteiger partial charge in [0.15, 0.2) is 0 Å². The minimum absolute atomic E-state index is 0.0142. The number of carboxylic acid groups (broad SMARTS) is 1. The monoisotopic (exact) mass is 309 g/mol. The maximum absolute atomic E-state index is 12.1. The maximum Gasteiger partial charge on any atom is 0.303 e. The first-order valence-corrected chi connectivity index (χ1v) is 8.49. The first-order valence-electron chi connectivity index (χ1n) is 7.68. The van der Waals surface area contributed by atoms with E-state index in [4.69, 9.17) is 5.11 Å². The van der Waals surface area contributed by atoms with E-state index in [1.807, 2.05) is 0 Å². The average Bonchev–Trinajstić information content (AvgIpc) is 2.85. The van der Waals surface area contributed by atoms with Gasteiger partial charge in [-0.15, -0.1) is 11.3 Å². The summed E-state index contributed by atoms with van der Waals surface area (Å²) in [7, 11) is 0. The number of hydrogen-bond donors (Lipinski definition) is 2. The average molecular weight is 309 g/mol. The van der Waals surface area contributed by atoms with Crippen LogP contribution in [-0.2, 0) is 17.6 Å². The van der Waals surface area contributed by atoms with Gasteiger partial charge in [0, 0.05) is 17.8 Å². The zero-order valence-electron chi connectivity index (χ0n) is 12.5. The standard InChI is InChI=1S/C16H23NO3S/c1-11-6-7-13-12(9-11)10-14(21-13)16(20)17-8-4-2-3-5-15(18)19/h10-11H,2-9H2,1H3,(H,17,20)(H,18,19)/t11-/m0/s1. The van der Waals surface area contributed by atoms with Crippen LogP contribution in [0.3, 0.4) is 0 Å². The third-order valence-corrected chi connectivity index (χ3v) is 5.14. The fourth-order valence-corrected chi connectivity index (χ4v) is 3.81. The highest BCUT2D eigenvalue weighted by Gasteiger charge is 2.20. The number of carbonyl (C=O) groups is 2. The van der Waals surface area contributed by atoms with E-state index in [9.17, 15) is 9.59 Å². The van der Waals surface area contributed by atoms with Crippen molar-refractivity contribution < 1.29 is 14.7 Å². The first kappa shape index (κ1) is 16.0. The molecule has 116 valence electrons. The van der Waals surface area contributed by atoms with Crippen molar-refractivity contribution in [2.24, 2.45) is 5.92 Å². The van der Waals surface area contributed by atoms with Gasteiger partial charge in [-0.05, 0) is 49.7 Å². The molecule has 1 aliphatic rings. The Morgan fingerprint density at radius 3 is 2.95 bits per heavy atom. The molecule has 0 spiro atoms. The number of rotatable bonds is 7. The summed E-state index contributed by atoms with van der Waals surface area (Å²) in [4.78, 5) is 24.7. The zero-order chi connectivity index (χ0) is 15.2. The smallest absolute Gasteiger partial charge is 0.303 e. The molecule has 1 amide bonds. The minimum Gasteiger partial charge on any atom is -0.481 e. The van der Waals surface area contributed by atoms with E-state index in [2.05, 4.69) is 18.3 Å². The summed E-state index contributed by atoms with van der Waals surface area (Å²) in [6.45, 7) is 2.88. The largest absolute Gasteiger partial charge is 0.481 e. The van der Waals surface area contributed by atoms with Crippen LogP contribution in [0.1, 0.15) is 59.1 Å². The Bertz CT molecular complexity index is 510. The van der Waals surface area contributed by atoms with Crippen molar-refractivity contribution in [1.82, 2.24) is 5.32 Å². The Labute approximate surface area is 129 Å². The van der Waals surface area contributed by atoms with Gasteiger partial charge in [-0.25, -0.2) is 0 Å². The number of thiophene rings is 1. The number of carboxylic acids is 1. The molecule has 21 heavy (non-hydrogen) atoms. The lowest BCUT2D eigenvalue weighted by atomic mass is 9.90. The van der Waals surface area contributed by atoms with Crippen molar-refractivity contribution in [2.45, 2.75) is 51.9 Å². The van der Waals surface area contributed by atoms with E-state index in [-0.39, 0.29) is 12.3 Å². The SMILES string of the molecule is C[C@H]1CCc2sc(C(=O)NCCCCCC(=O)O)cc2C1. The normalized spacial score (nSPS) is 17.3. The molecule has 5 heteroatoms. The minimum atomic E-state index is -0.752. The van der Waals surface area contributed by atoms with Crippen molar-refractivity contribution in [3.05, 3.63) is 21.4 Å². The second-order valence-corrected chi connectivity index (χ2v) is 7.00. The molecule has 4 nitrogen and oxygen atoms in total. The van der Waals surface area contributed by atoms with Crippen LogP contribution in [0, 0.1) is 5.92 Å². The highest BCUT2D eigenvalue weighted by atomic mass is 32.1. The van der Waals surface area contributed by atoms with E-state index in [1.54, 1.807) is 11.3 Å². The topological polar surface area (TPSA) is 66.4 Å². The van der Waals surface area contributed by atoms with Crippen LogP contribution in [0.4, 0.5) is 0 Å². The van der Waals surface area contributed by atoms with Crippen LogP contribution < -0.4 is 5.32 Å². The number of carbonyl (C=O) groups excluding carboxylic acids is 1. The lowest BCUT2D eigenvalue weighted by Crippen LogP contribution is -2.23. The number of hydrogen-bond acceptors (Lipinski definition) is 3. The number of aryl methyl sites for hydroxylation is 1. The second-order valence-electron chi connectivity index (χ2n) is 5.87. The third-order valence-electron chi connectivity index (χ3n) is 3.91. The fraction of sp³-hybridized carbons (Fsp3) is 0.625. The van der Waals surface area contributed by atoms with Crippen molar-refractivity contribution in [2.75, 3.05) is 6.54 Å². The zero-order valence-corrected chi connectivity index (χ0v) is 13.3. The predicted octanol–water partition coefficient (Wildman–Crippen LogP) is 3.25. The van der Waals surface area contributed by atoms with Crippen LogP contribution >= 0.6 is 11.3 Å². The molecule has 1 atom stereocenters. The molecule has 0 saturated heterocycles. The molecular formula is C16H23NO3S. The molecule has 1 aromatic rings. The van der Waals surface area contributed by atoms with E-state index in [1.165, 1.54) is 16.9 Å².